The van der Waals surface area contributed by atoms with Crippen LogP contribution in [0.25, 0.3) is 0 Å². The summed E-state index contributed by atoms with van der Waals surface area (Å²) in [6, 6.07) is 8.68. The summed E-state index contributed by atoms with van der Waals surface area (Å²) in [4.78, 5) is 0.143. The third-order valence-electron chi connectivity index (χ3n) is 2.61. The lowest BCUT2D eigenvalue weighted by molar-refractivity contribution is 0.609. The lowest BCUT2D eigenvalue weighted by atomic mass is 10.1. The molecule has 1 atom stereocenters. The van der Waals surface area contributed by atoms with E-state index >= 15 is 0 Å². The molecule has 0 amide bonds. The molecule has 0 saturated heterocycles. The Balaban J connectivity index is 2.47. The molecule has 0 spiro atoms. The van der Waals surface area contributed by atoms with Gasteiger partial charge in [-0.3, -0.25) is 0 Å². The highest BCUT2D eigenvalue weighted by atomic mass is 35.7. The summed E-state index contributed by atoms with van der Waals surface area (Å²) in [5.41, 5.74) is 1.11. The lowest BCUT2D eigenvalue weighted by Gasteiger charge is -2.05. The van der Waals surface area contributed by atoms with Gasteiger partial charge in [-0.25, -0.2) is 8.42 Å². The van der Waals surface area contributed by atoms with E-state index in [-0.39, 0.29) is 4.90 Å². The Morgan fingerprint density at radius 2 is 1.89 bits per heavy atom. The minimum atomic E-state index is -3.61. The Morgan fingerprint density at radius 3 is 2.39 bits per heavy atom. The molecule has 2 nitrogen and oxygen atoms in total. The van der Waals surface area contributed by atoms with Crippen molar-refractivity contribution in [2.45, 2.75) is 29.8 Å². The first-order valence-corrected chi connectivity index (χ1v) is 11.4. The molecule has 6 heteroatoms. The third-order valence-corrected chi connectivity index (χ3v) is 7.05. The standard InChI is InChI=1S/C12H16Cl2O2SSi/c1-2-9-18(14)10-3-4-11-5-7-12(8-6-11)17(13,15)16/h2,5-8,18H,1,3-4,9-10H2. The topological polar surface area (TPSA) is 34.1 Å². The summed E-state index contributed by atoms with van der Waals surface area (Å²) in [5.74, 6) is 0. The average molecular weight is 323 g/mol. The van der Waals surface area contributed by atoms with Crippen LogP contribution in [0.5, 0.6) is 0 Å². The van der Waals surface area contributed by atoms with E-state index in [1.807, 2.05) is 6.08 Å². The van der Waals surface area contributed by atoms with Crippen LogP contribution in [-0.2, 0) is 15.5 Å². The minimum Gasteiger partial charge on any atom is -0.207 e. The van der Waals surface area contributed by atoms with Gasteiger partial charge in [-0.05, 0) is 36.2 Å². The Hall–Kier alpha value is -0.293. The first-order valence-electron chi connectivity index (χ1n) is 5.72. The van der Waals surface area contributed by atoms with Crippen LogP contribution in [0.4, 0.5) is 0 Å². The van der Waals surface area contributed by atoms with Gasteiger partial charge in [-0.1, -0.05) is 24.6 Å². The first-order chi connectivity index (χ1) is 8.43. The highest BCUT2D eigenvalue weighted by Gasteiger charge is 2.09. The Bertz CT molecular complexity index is 485. The smallest absolute Gasteiger partial charge is 0.207 e. The number of benzene rings is 1. The molecule has 0 fully saturated rings. The van der Waals surface area contributed by atoms with Gasteiger partial charge in [0.05, 0.1) is 4.90 Å². The van der Waals surface area contributed by atoms with Crippen LogP contribution in [0.2, 0.25) is 12.1 Å². The van der Waals surface area contributed by atoms with Crippen LogP contribution >= 0.6 is 21.8 Å². The molecule has 1 rings (SSSR count). The van der Waals surface area contributed by atoms with Gasteiger partial charge in [-0.15, -0.1) is 6.58 Å². The van der Waals surface area contributed by atoms with Crippen molar-refractivity contribution in [1.29, 1.82) is 0 Å². The molecule has 100 valence electrons. The molecule has 1 aromatic rings. The van der Waals surface area contributed by atoms with E-state index in [9.17, 15) is 8.42 Å². The van der Waals surface area contributed by atoms with Gasteiger partial charge in [0.25, 0.3) is 9.05 Å². The van der Waals surface area contributed by atoms with Crippen molar-refractivity contribution < 1.29 is 8.42 Å². The number of allylic oxidation sites excluding steroid dienone is 1. The van der Waals surface area contributed by atoms with E-state index in [0.29, 0.717) is 0 Å². The van der Waals surface area contributed by atoms with Crippen molar-refractivity contribution in [2.24, 2.45) is 0 Å². The molecule has 0 aliphatic carbocycles. The maximum absolute atomic E-state index is 11.1. The largest absolute Gasteiger partial charge is 0.261 e. The number of rotatable bonds is 7. The van der Waals surface area contributed by atoms with Gasteiger partial charge in [0.1, 0.15) is 8.11 Å². The summed E-state index contributed by atoms with van der Waals surface area (Å²) in [6.45, 7) is 3.68. The second-order valence-electron chi connectivity index (χ2n) is 4.10. The molecule has 0 radical (unpaired) electrons. The predicted molar refractivity (Wildman–Crippen MR) is 80.6 cm³/mol. The van der Waals surface area contributed by atoms with Gasteiger partial charge < -0.3 is 0 Å². The van der Waals surface area contributed by atoms with Crippen molar-refractivity contribution in [3.05, 3.63) is 42.5 Å². The maximum Gasteiger partial charge on any atom is 0.261 e. The van der Waals surface area contributed by atoms with Gasteiger partial charge in [0.15, 0.2) is 0 Å². The third kappa shape index (κ3) is 5.57. The molecule has 18 heavy (non-hydrogen) atoms. The summed E-state index contributed by atoms with van der Waals surface area (Å²) < 4.78 is 22.1. The fraction of sp³-hybridized carbons (Fsp3) is 0.333. The Morgan fingerprint density at radius 1 is 1.28 bits per heavy atom. The molecule has 0 aromatic heterocycles. The van der Waals surface area contributed by atoms with E-state index in [2.05, 4.69) is 6.58 Å². The summed E-state index contributed by atoms with van der Waals surface area (Å²) in [5, 5.41) is 0. The normalized spacial score (nSPS) is 13.2. The summed E-state index contributed by atoms with van der Waals surface area (Å²) in [6.07, 6.45) is 3.82. The van der Waals surface area contributed by atoms with Crippen LogP contribution in [0.3, 0.4) is 0 Å². The van der Waals surface area contributed by atoms with Crippen LogP contribution in [0.1, 0.15) is 12.0 Å². The van der Waals surface area contributed by atoms with Gasteiger partial charge >= 0.3 is 0 Å². The molecule has 0 saturated carbocycles. The van der Waals surface area contributed by atoms with Crippen molar-refractivity contribution in [1.82, 2.24) is 0 Å². The zero-order valence-corrected chi connectivity index (χ0v) is 13.5. The molecule has 1 unspecified atom stereocenters. The number of hydrogen-bond donors (Lipinski definition) is 0. The van der Waals surface area contributed by atoms with E-state index in [0.717, 1.165) is 30.5 Å². The molecule has 0 N–H and O–H groups in total. The zero-order chi connectivity index (χ0) is 13.6. The number of aryl methyl sites for hydroxylation is 1. The van der Waals surface area contributed by atoms with Crippen LogP contribution < -0.4 is 0 Å². The zero-order valence-electron chi connectivity index (χ0n) is 9.98. The molecule has 1 aromatic carbocycles. The molecular weight excluding hydrogens is 307 g/mol. The van der Waals surface area contributed by atoms with Gasteiger partial charge in [-0.2, -0.15) is 11.1 Å². The second-order valence-corrected chi connectivity index (χ2v) is 10.8. The highest BCUT2D eigenvalue weighted by molar-refractivity contribution is 8.13. The molecule has 0 aliphatic rings. The van der Waals surface area contributed by atoms with Crippen molar-refractivity contribution >= 4 is 38.9 Å². The Labute approximate surface area is 119 Å². The van der Waals surface area contributed by atoms with Crippen LogP contribution in [-0.4, -0.2) is 16.5 Å². The molecular formula is C12H16Cl2O2SSi. The monoisotopic (exact) mass is 322 g/mol. The lowest BCUT2D eigenvalue weighted by Crippen LogP contribution is -2.01. The minimum absolute atomic E-state index is 0.143. The first kappa shape index (κ1) is 15.8. The SMILES string of the molecule is C=CC[SiH](Cl)CCCc1ccc(S(=O)(=O)Cl)cc1. The predicted octanol–water partition coefficient (Wildman–Crippen LogP) is 3.70. The average Bonchev–Trinajstić information content (AvgIpc) is 2.29. The highest BCUT2D eigenvalue weighted by Crippen LogP contribution is 2.17. The van der Waals surface area contributed by atoms with E-state index in [1.165, 1.54) is 12.1 Å². The second kappa shape index (κ2) is 7.33. The van der Waals surface area contributed by atoms with Gasteiger partial charge in [0, 0.05) is 10.7 Å². The summed E-state index contributed by atoms with van der Waals surface area (Å²) in [7, 11) is 0.485. The fourth-order valence-corrected chi connectivity index (χ4v) is 4.50. The Kier molecular flexibility index (Phi) is 6.42. The molecule has 0 heterocycles. The number of hydrogen-bond acceptors (Lipinski definition) is 2. The van der Waals surface area contributed by atoms with Crippen LogP contribution in [0.15, 0.2) is 41.8 Å². The molecule has 0 aliphatic heterocycles. The van der Waals surface area contributed by atoms with Crippen molar-refractivity contribution in [2.75, 3.05) is 0 Å². The van der Waals surface area contributed by atoms with E-state index in [1.54, 1.807) is 12.1 Å². The maximum atomic E-state index is 11.1. The summed E-state index contributed by atoms with van der Waals surface area (Å²) >= 11 is 6.20. The van der Waals surface area contributed by atoms with Crippen molar-refractivity contribution in [3.8, 4) is 0 Å². The van der Waals surface area contributed by atoms with Gasteiger partial charge in [0.2, 0.25) is 0 Å². The number of halogens is 2. The van der Waals surface area contributed by atoms with Crippen molar-refractivity contribution in [3.63, 3.8) is 0 Å². The fourth-order valence-electron chi connectivity index (χ4n) is 1.65. The van der Waals surface area contributed by atoms with E-state index < -0.39 is 17.2 Å². The van der Waals surface area contributed by atoms with E-state index in [4.69, 9.17) is 21.8 Å². The quantitative estimate of drug-likeness (QED) is 0.332. The van der Waals surface area contributed by atoms with Crippen LogP contribution in [0, 0.1) is 0 Å². The molecule has 0 bridgehead atoms.